The normalized spacial score (nSPS) is 13.4. The van der Waals surface area contributed by atoms with Gasteiger partial charge in [0.2, 0.25) is 0 Å². The number of likely N-dealkylation sites (N-methyl/N-ethyl adjacent to an activating group) is 1. The first kappa shape index (κ1) is 19.7. The Kier molecular flexibility index (Phi) is 5.84. The molecule has 7 heteroatoms. The van der Waals surface area contributed by atoms with Gasteiger partial charge < -0.3 is 16.0 Å². The lowest BCUT2D eigenvalue weighted by Gasteiger charge is -2.35. The molecule has 3 aromatic rings. The van der Waals surface area contributed by atoms with E-state index in [0.29, 0.717) is 27.7 Å². The van der Waals surface area contributed by atoms with E-state index in [4.69, 9.17) is 5.73 Å². The van der Waals surface area contributed by atoms with Crippen LogP contribution in [-0.2, 0) is 0 Å². The van der Waals surface area contributed by atoms with Gasteiger partial charge in [0.1, 0.15) is 17.2 Å². The molecular formula is C21H24FN5O. The van der Waals surface area contributed by atoms with Gasteiger partial charge in [0, 0.05) is 37.3 Å². The molecule has 3 heterocycles. The third-order valence-electron chi connectivity index (χ3n) is 4.74. The number of nitrogen functional groups attached to an aromatic ring is 1. The molecule has 1 aromatic carbocycles. The van der Waals surface area contributed by atoms with E-state index < -0.39 is 0 Å². The standard InChI is InChI=1S/C19H18FN5O.C2H6/c1-25(13-8-22-9-13)19(26)15-10-23-18(21)17-14(15)5-6-16(24-17)11-3-2-4-12(20)7-11;1-2/h2-7,10,13,22H,8-9H2,1H3,(H2,21,23);1-2H3. The van der Waals surface area contributed by atoms with Crippen LogP contribution in [0.2, 0.25) is 0 Å². The molecule has 146 valence electrons. The number of halogens is 1. The lowest BCUT2D eigenvalue weighted by molar-refractivity contribution is 0.0683. The molecule has 4 rings (SSSR count). The van der Waals surface area contributed by atoms with Gasteiger partial charge in [-0.2, -0.15) is 0 Å². The summed E-state index contributed by atoms with van der Waals surface area (Å²) >= 11 is 0. The number of nitrogens with two attached hydrogens (primary N) is 1. The predicted octanol–water partition coefficient (Wildman–Crippen LogP) is 3.09. The number of carbonyl (C=O) groups excluding carboxylic acids is 1. The van der Waals surface area contributed by atoms with Crippen molar-refractivity contribution in [1.82, 2.24) is 20.2 Å². The van der Waals surface area contributed by atoms with Gasteiger partial charge in [-0.1, -0.05) is 26.0 Å². The van der Waals surface area contributed by atoms with Crippen LogP contribution in [0.1, 0.15) is 24.2 Å². The molecule has 0 unspecified atom stereocenters. The van der Waals surface area contributed by atoms with Gasteiger partial charge in [-0.15, -0.1) is 0 Å². The monoisotopic (exact) mass is 381 g/mol. The van der Waals surface area contributed by atoms with Crippen LogP contribution in [0.3, 0.4) is 0 Å². The predicted molar refractivity (Wildman–Crippen MR) is 109 cm³/mol. The Morgan fingerprint density at radius 3 is 2.64 bits per heavy atom. The minimum Gasteiger partial charge on any atom is -0.382 e. The molecule has 1 aliphatic heterocycles. The van der Waals surface area contributed by atoms with E-state index in [0.717, 1.165) is 13.1 Å². The van der Waals surface area contributed by atoms with Gasteiger partial charge in [0.25, 0.3) is 5.91 Å². The molecule has 6 nitrogen and oxygen atoms in total. The third kappa shape index (κ3) is 3.66. The molecule has 1 aliphatic rings. The molecular weight excluding hydrogens is 357 g/mol. The van der Waals surface area contributed by atoms with Crippen LogP contribution >= 0.6 is 0 Å². The maximum Gasteiger partial charge on any atom is 0.256 e. The zero-order chi connectivity index (χ0) is 20.3. The van der Waals surface area contributed by atoms with Crippen molar-refractivity contribution in [2.45, 2.75) is 19.9 Å². The number of pyridine rings is 2. The van der Waals surface area contributed by atoms with Gasteiger partial charge >= 0.3 is 0 Å². The summed E-state index contributed by atoms with van der Waals surface area (Å²) in [6.45, 7) is 5.56. The average Bonchev–Trinajstić information content (AvgIpc) is 2.68. The number of hydrogen-bond acceptors (Lipinski definition) is 5. The van der Waals surface area contributed by atoms with E-state index in [2.05, 4.69) is 15.3 Å². The fourth-order valence-corrected chi connectivity index (χ4v) is 3.02. The van der Waals surface area contributed by atoms with Gasteiger partial charge in [0.05, 0.1) is 17.3 Å². The Labute approximate surface area is 163 Å². The largest absolute Gasteiger partial charge is 0.382 e. The molecule has 0 bridgehead atoms. The van der Waals surface area contributed by atoms with Crippen LogP contribution in [0.4, 0.5) is 10.2 Å². The first-order valence-electron chi connectivity index (χ1n) is 9.33. The van der Waals surface area contributed by atoms with Crippen molar-refractivity contribution in [3.63, 3.8) is 0 Å². The third-order valence-corrected chi connectivity index (χ3v) is 4.74. The Bertz CT molecular complexity index is 1000. The summed E-state index contributed by atoms with van der Waals surface area (Å²) in [4.78, 5) is 23.2. The van der Waals surface area contributed by atoms with Crippen LogP contribution < -0.4 is 11.1 Å². The van der Waals surface area contributed by atoms with Gasteiger partial charge in [-0.05, 0) is 24.3 Å². The van der Waals surface area contributed by atoms with E-state index in [1.807, 2.05) is 13.8 Å². The summed E-state index contributed by atoms with van der Waals surface area (Å²) in [6, 6.07) is 9.91. The summed E-state index contributed by atoms with van der Waals surface area (Å²) in [5.74, 6) is -0.216. The van der Waals surface area contributed by atoms with Crippen LogP contribution in [0.15, 0.2) is 42.6 Å². The van der Waals surface area contributed by atoms with Gasteiger partial charge in [-0.25, -0.2) is 14.4 Å². The second kappa shape index (κ2) is 8.31. The molecule has 0 saturated carbocycles. The summed E-state index contributed by atoms with van der Waals surface area (Å²) in [5, 5.41) is 3.79. The molecule has 1 fully saturated rings. The Balaban J connectivity index is 0.00000109. The smallest absolute Gasteiger partial charge is 0.256 e. The quantitative estimate of drug-likeness (QED) is 0.728. The first-order chi connectivity index (χ1) is 13.5. The van der Waals surface area contributed by atoms with E-state index in [9.17, 15) is 9.18 Å². The summed E-state index contributed by atoms with van der Waals surface area (Å²) < 4.78 is 13.5. The minimum atomic E-state index is -0.338. The molecule has 1 saturated heterocycles. The van der Waals surface area contributed by atoms with Crippen molar-refractivity contribution in [2.75, 3.05) is 25.9 Å². The van der Waals surface area contributed by atoms with Crippen molar-refractivity contribution in [3.05, 3.63) is 54.0 Å². The van der Waals surface area contributed by atoms with Crippen molar-refractivity contribution < 1.29 is 9.18 Å². The first-order valence-corrected chi connectivity index (χ1v) is 9.33. The van der Waals surface area contributed by atoms with Crippen molar-refractivity contribution in [3.8, 4) is 11.3 Å². The summed E-state index contributed by atoms with van der Waals surface area (Å²) in [7, 11) is 1.78. The number of anilines is 1. The number of rotatable bonds is 3. The topological polar surface area (TPSA) is 84.1 Å². The molecule has 1 amide bonds. The number of carbonyl (C=O) groups is 1. The maximum atomic E-state index is 13.5. The second-order valence-corrected chi connectivity index (χ2v) is 6.39. The summed E-state index contributed by atoms with van der Waals surface area (Å²) in [6.07, 6.45) is 1.49. The van der Waals surface area contributed by atoms with E-state index in [1.165, 1.54) is 18.3 Å². The number of amides is 1. The number of fused-ring (bicyclic) bond motifs is 1. The number of nitrogens with zero attached hydrogens (tertiary/aromatic N) is 3. The molecule has 0 atom stereocenters. The van der Waals surface area contributed by atoms with E-state index in [-0.39, 0.29) is 23.6 Å². The molecule has 0 spiro atoms. The Morgan fingerprint density at radius 1 is 1.25 bits per heavy atom. The van der Waals surface area contributed by atoms with E-state index in [1.54, 1.807) is 36.2 Å². The Morgan fingerprint density at radius 2 is 2.00 bits per heavy atom. The fourth-order valence-electron chi connectivity index (χ4n) is 3.02. The number of nitrogens with one attached hydrogen (secondary N) is 1. The average molecular weight is 381 g/mol. The molecule has 0 radical (unpaired) electrons. The minimum absolute atomic E-state index is 0.116. The maximum absolute atomic E-state index is 13.5. The summed E-state index contributed by atoms with van der Waals surface area (Å²) in [5.41, 5.74) is 8.11. The molecule has 28 heavy (non-hydrogen) atoms. The fraction of sp³-hybridized carbons (Fsp3) is 0.286. The van der Waals surface area contributed by atoms with Crippen molar-refractivity contribution in [1.29, 1.82) is 0 Å². The zero-order valence-corrected chi connectivity index (χ0v) is 16.2. The zero-order valence-electron chi connectivity index (χ0n) is 16.2. The highest BCUT2D eigenvalue weighted by Crippen LogP contribution is 2.27. The van der Waals surface area contributed by atoms with Crippen LogP contribution in [0.5, 0.6) is 0 Å². The highest BCUT2D eigenvalue weighted by atomic mass is 19.1. The second-order valence-electron chi connectivity index (χ2n) is 6.39. The number of aromatic nitrogens is 2. The number of benzene rings is 1. The highest BCUT2D eigenvalue weighted by Gasteiger charge is 2.27. The lowest BCUT2D eigenvalue weighted by atomic mass is 10.0. The number of hydrogen-bond donors (Lipinski definition) is 2. The molecule has 2 aromatic heterocycles. The van der Waals surface area contributed by atoms with Crippen LogP contribution in [-0.4, -0.2) is 47.0 Å². The van der Waals surface area contributed by atoms with E-state index >= 15 is 0 Å². The molecule has 0 aliphatic carbocycles. The van der Waals surface area contributed by atoms with Crippen LogP contribution in [0, 0.1) is 5.82 Å². The van der Waals surface area contributed by atoms with Gasteiger partial charge in [0.15, 0.2) is 0 Å². The lowest BCUT2D eigenvalue weighted by Crippen LogP contribution is -2.57. The van der Waals surface area contributed by atoms with Crippen molar-refractivity contribution in [2.24, 2.45) is 0 Å². The van der Waals surface area contributed by atoms with Crippen molar-refractivity contribution >= 4 is 22.6 Å². The van der Waals surface area contributed by atoms with Crippen LogP contribution in [0.25, 0.3) is 22.2 Å². The highest BCUT2D eigenvalue weighted by molar-refractivity contribution is 6.08. The molecule has 3 N–H and O–H groups in total. The Hall–Kier alpha value is -3.06. The SMILES string of the molecule is CC.CN(C(=O)c1cnc(N)c2nc(-c3cccc(F)c3)ccc12)C1CNC1. The van der Waals surface area contributed by atoms with Gasteiger partial charge in [-0.3, -0.25) is 4.79 Å².